The van der Waals surface area contributed by atoms with Gasteiger partial charge in [-0.15, -0.1) is 10.2 Å². The lowest BCUT2D eigenvalue weighted by Crippen LogP contribution is -2.43. The molecule has 0 saturated heterocycles. The molecule has 1 aromatic heterocycles. The van der Waals surface area contributed by atoms with E-state index in [1.165, 1.54) is 19.3 Å². The van der Waals surface area contributed by atoms with E-state index >= 15 is 0 Å². The van der Waals surface area contributed by atoms with Crippen molar-refractivity contribution in [3.05, 3.63) is 5.82 Å². The zero-order valence-corrected chi connectivity index (χ0v) is 14.5. The first-order valence-electron chi connectivity index (χ1n) is 8.12. The number of aryl methyl sites for hydroxylation is 1. The molecule has 1 heterocycles. The van der Waals surface area contributed by atoms with Crippen LogP contribution in [-0.4, -0.2) is 32.3 Å². The van der Waals surface area contributed by atoms with Crippen LogP contribution in [0.1, 0.15) is 59.7 Å². The standard InChI is InChI=1S/C16H31N5/c1-15(2,3)17-11-12-7-8-16(4,5)10-13(12)9-14-18-20-21(6)19-14/h12-13,17H,7-11H2,1-6H3. The minimum Gasteiger partial charge on any atom is -0.312 e. The maximum Gasteiger partial charge on any atom is 0.175 e. The average Bonchev–Trinajstić information content (AvgIpc) is 2.71. The molecular formula is C16H31N5. The van der Waals surface area contributed by atoms with Crippen molar-refractivity contribution in [1.82, 2.24) is 25.5 Å². The molecular weight excluding hydrogens is 262 g/mol. The Labute approximate surface area is 128 Å². The van der Waals surface area contributed by atoms with E-state index in [2.05, 4.69) is 55.3 Å². The quantitative estimate of drug-likeness (QED) is 0.927. The van der Waals surface area contributed by atoms with Gasteiger partial charge < -0.3 is 5.32 Å². The Hall–Kier alpha value is -0.970. The minimum absolute atomic E-state index is 0.183. The van der Waals surface area contributed by atoms with E-state index in [1.54, 1.807) is 4.80 Å². The summed E-state index contributed by atoms with van der Waals surface area (Å²) >= 11 is 0. The van der Waals surface area contributed by atoms with Crippen molar-refractivity contribution >= 4 is 0 Å². The molecule has 5 heteroatoms. The van der Waals surface area contributed by atoms with Gasteiger partial charge >= 0.3 is 0 Å². The number of tetrazole rings is 1. The second kappa shape index (κ2) is 6.03. The lowest BCUT2D eigenvalue weighted by Gasteiger charge is -2.41. The van der Waals surface area contributed by atoms with Crippen LogP contribution in [0, 0.1) is 17.3 Å². The molecule has 0 radical (unpaired) electrons. The highest BCUT2D eigenvalue weighted by atomic mass is 15.6. The van der Waals surface area contributed by atoms with E-state index in [-0.39, 0.29) is 5.54 Å². The SMILES string of the molecule is Cn1nnc(CC2CC(C)(C)CCC2CNC(C)(C)C)n1. The molecule has 1 aromatic rings. The Balaban J connectivity index is 2.03. The number of rotatable bonds is 4. The van der Waals surface area contributed by atoms with Gasteiger partial charge in [0, 0.05) is 12.0 Å². The highest BCUT2D eigenvalue weighted by molar-refractivity contribution is 4.92. The molecule has 2 unspecified atom stereocenters. The number of nitrogens with one attached hydrogen (secondary N) is 1. The summed E-state index contributed by atoms with van der Waals surface area (Å²) in [6.07, 6.45) is 4.81. The predicted molar refractivity (Wildman–Crippen MR) is 84.9 cm³/mol. The third-order valence-corrected chi connectivity index (χ3v) is 4.56. The lowest BCUT2D eigenvalue weighted by molar-refractivity contribution is 0.110. The minimum atomic E-state index is 0.183. The van der Waals surface area contributed by atoms with E-state index in [9.17, 15) is 0 Å². The molecule has 2 atom stereocenters. The van der Waals surface area contributed by atoms with Crippen LogP contribution in [0.5, 0.6) is 0 Å². The van der Waals surface area contributed by atoms with Gasteiger partial charge in [-0.05, 0) is 69.0 Å². The first-order chi connectivity index (χ1) is 9.65. The average molecular weight is 293 g/mol. The topological polar surface area (TPSA) is 55.6 Å². The summed E-state index contributed by atoms with van der Waals surface area (Å²) in [4.78, 5) is 1.56. The summed E-state index contributed by atoms with van der Waals surface area (Å²) in [6.45, 7) is 12.6. The van der Waals surface area contributed by atoms with Crippen molar-refractivity contribution in [2.24, 2.45) is 24.3 Å². The molecule has 0 aliphatic heterocycles. The Morgan fingerprint density at radius 2 is 2.00 bits per heavy atom. The lowest BCUT2D eigenvalue weighted by atomic mass is 9.66. The molecule has 0 spiro atoms. The van der Waals surface area contributed by atoms with Crippen LogP contribution in [0.25, 0.3) is 0 Å². The van der Waals surface area contributed by atoms with Crippen LogP contribution in [0.2, 0.25) is 0 Å². The molecule has 0 aromatic carbocycles. The Bertz CT molecular complexity index is 457. The second-order valence-corrected chi connectivity index (χ2v) is 8.46. The molecule has 1 aliphatic rings. The third-order valence-electron chi connectivity index (χ3n) is 4.56. The molecule has 5 nitrogen and oxygen atoms in total. The van der Waals surface area contributed by atoms with E-state index in [0.29, 0.717) is 17.3 Å². The van der Waals surface area contributed by atoms with Gasteiger partial charge in [0.15, 0.2) is 5.82 Å². The van der Waals surface area contributed by atoms with Crippen LogP contribution in [0.15, 0.2) is 0 Å². The molecule has 0 bridgehead atoms. The smallest absolute Gasteiger partial charge is 0.175 e. The largest absolute Gasteiger partial charge is 0.312 e. The molecule has 0 amide bonds. The fraction of sp³-hybridized carbons (Fsp3) is 0.938. The van der Waals surface area contributed by atoms with Gasteiger partial charge in [-0.25, -0.2) is 0 Å². The molecule has 2 rings (SSSR count). The Morgan fingerprint density at radius 3 is 2.57 bits per heavy atom. The van der Waals surface area contributed by atoms with Crippen molar-refractivity contribution in [2.45, 2.75) is 65.8 Å². The summed E-state index contributed by atoms with van der Waals surface area (Å²) in [5.41, 5.74) is 0.618. The van der Waals surface area contributed by atoms with E-state index in [0.717, 1.165) is 18.8 Å². The molecule has 1 saturated carbocycles. The van der Waals surface area contributed by atoms with Crippen LogP contribution in [0.3, 0.4) is 0 Å². The van der Waals surface area contributed by atoms with Crippen LogP contribution in [0.4, 0.5) is 0 Å². The zero-order chi connectivity index (χ0) is 15.7. The zero-order valence-electron chi connectivity index (χ0n) is 14.5. The van der Waals surface area contributed by atoms with Crippen molar-refractivity contribution in [1.29, 1.82) is 0 Å². The van der Waals surface area contributed by atoms with Gasteiger partial charge in [0.2, 0.25) is 0 Å². The van der Waals surface area contributed by atoms with Gasteiger partial charge in [0.1, 0.15) is 0 Å². The molecule has 120 valence electrons. The summed E-state index contributed by atoms with van der Waals surface area (Å²) in [6, 6.07) is 0. The first-order valence-corrected chi connectivity index (χ1v) is 8.12. The van der Waals surface area contributed by atoms with Crippen molar-refractivity contribution in [3.8, 4) is 0 Å². The monoisotopic (exact) mass is 293 g/mol. The van der Waals surface area contributed by atoms with E-state index in [1.807, 2.05) is 7.05 Å². The molecule has 1 fully saturated rings. The Kier molecular flexibility index (Phi) is 4.71. The summed E-state index contributed by atoms with van der Waals surface area (Å²) < 4.78 is 0. The summed E-state index contributed by atoms with van der Waals surface area (Å²) in [7, 11) is 1.83. The molecule has 21 heavy (non-hydrogen) atoms. The van der Waals surface area contributed by atoms with Crippen molar-refractivity contribution in [2.75, 3.05) is 6.54 Å². The number of hydrogen-bond acceptors (Lipinski definition) is 4. The first kappa shape index (κ1) is 16.4. The van der Waals surface area contributed by atoms with Gasteiger partial charge in [0.05, 0.1) is 7.05 Å². The van der Waals surface area contributed by atoms with Crippen LogP contribution >= 0.6 is 0 Å². The number of hydrogen-bond donors (Lipinski definition) is 1. The third kappa shape index (κ3) is 5.06. The number of aromatic nitrogens is 4. The van der Waals surface area contributed by atoms with Crippen molar-refractivity contribution < 1.29 is 0 Å². The number of nitrogens with zero attached hydrogens (tertiary/aromatic N) is 4. The maximum absolute atomic E-state index is 4.37. The van der Waals surface area contributed by atoms with Gasteiger partial charge in [0.25, 0.3) is 0 Å². The van der Waals surface area contributed by atoms with E-state index < -0.39 is 0 Å². The molecule has 1 aliphatic carbocycles. The second-order valence-electron chi connectivity index (χ2n) is 8.46. The van der Waals surface area contributed by atoms with Crippen LogP contribution in [-0.2, 0) is 13.5 Å². The highest BCUT2D eigenvalue weighted by Gasteiger charge is 2.35. The van der Waals surface area contributed by atoms with Gasteiger partial charge in [-0.2, -0.15) is 4.80 Å². The maximum atomic E-state index is 4.37. The van der Waals surface area contributed by atoms with Crippen LogP contribution < -0.4 is 5.32 Å². The fourth-order valence-corrected chi connectivity index (χ4v) is 3.37. The predicted octanol–water partition coefficient (Wildman–Crippen LogP) is 2.58. The Morgan fingerprint density at radius 1 is 1.29 bits per heavy atom. The van der Waals surface area contributed by atoms with Gasteiger partial charge in [-0.1, -0.05) is 13.8 Å². The highest BCUT2D eigenvalue weighted by Crippen LogP contribution is 2.42. The normalized spacial score (nSPS) is 26.0. The summed E-state index contributed by atoms with van der Waals surface area (Å²) in [5, 5.41) is 16.2. The summed E-state index contributed by atoms with van der Waals surface area (Å²) in [5.74, 6) is 2.25. The molecule has 1 N–H and O–H groups in total. The van der Waals surface area contributed by atoms with Crippen molar-refractivity contribution in [3.63, 3.8) is 0 Å². The van der Waals surface area contributed by atoms with Gasteiger partial charge in [-0.3, -0.25) is 0 Å². The van der Waals surface area contributed by atoms with E-state index in [4.69, 9.17) is 0 Å². The fourth-order valence-electron chi connectivity index (χ4n) is 3.37.